The molecule has 3 aromatic rings. The number of H-pyrrole nitrogens is 1. The van der Waals surface area contributed by atoms with Gasteiger partial charge in [0.1, 0.15) is 5.75 Å². The standard InChI is InChI=1S/C16H12N2O2/c19-15-10-16(18-11-17-15)20-14-8-6-13(7-9-14)12-4-2-1-3-5-12/h1-11H,(H,17,18,19). The molecule has 0 aliphatic rings. The van der Waals surface area contributed by atoms with Gasteiger partial charge in [-0.15, -0.1) is 0 Å². The first-order chi connectivity index (χ1) is 9.81. The molecule has 0 aliphatic heterocycles. The number of hydrogen-bond acceptors (Lipinski definition) is 3. The lowest BCUT2D eigenvalue weighted by molar-refractivity contribution is 0.460. The van der Waals surface area contributed by atoms with Gasteiger partial charge in [0, 0.05) is 0 Å². The molecule has 0 saturated heterocycles. The van der Waals surface area contributed by atoms with Gasteiger partial charge >= 0.3 is 0 Å². The third kappa shape index (κ3) is 2.75. The Balaban J connectivity index is 1.82. The van der Waals surface area contributed by atoms with Gasteiger partial charge in [-0.25, -0.2) is 4.98 Å². The summed E-state index contributed by atoms with van der Waals surface area (Å²) in [6.07, 6.45) is 1.32. The molecule has 0 aliphatic carbocycles. The summed E-state index contributed by atoms with van der Waals surface area (Å²) >= 11 is 0. The zero-order valence-electron chi connectivity index (χ0n) is 10.6. The van der Waals surface area contributed by atoms with Gasteiger partial charge in [0.05, 0.1) is 12.4 Å². The molecule has 2 aromatic carbocycles. The molecular formula is C16H12N2O2. The smallest absolute Gasteiger partial charge is 0.254 e. The van der Waals surface area contributed by atoms with Crippen LogP contribution in [0.1, 0.15) is 0 Å². The molecule has 98 valence electrons. The average molecular weight is 264 g/mol. The van der Waals surface area contributed by atoms with Crippen molar-refractivity contribution < 1.29 is 4.74 Å². The topological polar surface area (TPSA) is 55.0 Å². The first-order valence-corrected chi connectivity index (χ1v) is 6.19. The summed E-state index contributed by atoms with van der Waals surface area (Å²) in [6, 6.07) is 19.0. The van der Waals surface area contributed by atoms with Crippen molar-refractivity contribution in [2.75, 3.05) is 0 Å². The van der Waals surface area contributed by atoms with Crippen LogP contribution in [-0.2, 0) is 0 Å². The average Bonchev–Trinajstić information content (AvgIpc) is 2.49. The van der Waals surface area contributed by atoms with Crippen molar-refractivity contribution in [3.05, 3.63) is 77.3 Å². The van der Waals surface area contributed by atoms with E-state index < -0.39 is 0 Å². The number of aromatic amines is 1. The Labute approximate surface area is 115 Å². The maximum Gasteiger partial charge on any atom is 0.254 e. The van der Waals surface area contributed by atoms with E-state index in [0.29, 0.717) is 5.75 Å². The van der Waals surface area contributed by atoms with Crippen molar-refractivity contribution in [1.82, 2.24) is 9.97 Å². The van der Waals surface area contributed by atoms with Gasteiger partial charge < -0.3 is 9.72 Å². The third-order valence-corrected chi connectivity index (χ3v) is 2.84. The Bertz CT molecular complexity index is 749. The Hall–Kier alpha value is -2.88. The maximum atomic E-state index is 11.1. The van der Waals surface area contributed by atoms with Crippen LogP contribution in [0.2, 0.25) is 0 Å². The largest absolute Gasteiger partial charge is 0.439 e. The molecule has 1 heterocycles. The molecule has 1 N–H and O–H groups in total. The predicted octanol–water partition coefficient (Wildman–Crippen LogP) is 3.23. The van der Waals surface area contributed by atoms with Crippen LogP contribution >= 0.6 is 0 Å². The fourth-order valence-electron chi connectivity index (χ4n) is 1.87. The minimum atomic E-state index is -0.240. The highest BCUT2D eigenvalue weighted by molar-refractivity contribution is 5.63. The molecule has 0 fully saturated rings. The molecule has 0 saturated carbocycles. The SMILES string of the molecule is O=c1cc(Oc2ccc(-c3ccccc3)cc2)nc[nH]1. The summed E-state index contributed by atoms with van der Waals surface area (Å²) in [5, 5.41) is 0. The lowest BCUT2D eigenvalue weighted by Crippen LogP contribution is -2.04. The Morgan fingerprint density at radius 1 is 0.900 bits per heavy atom. The van der Waals surface area contributed by atoms with Crippen LogP contribution < -0.4 is 10.3 Å². The van der Waals surface area contributed by atoms with Crippen LogP contribution in [0, 0.1) is 0 Å². The summed E-state index contributed by atoms with van der Waals surface area (Å²) in [5.74, 6) is 0.920. The number of nitrogens with zero attached hydrogens (tertiary/aromatic N) is 1. The third-order valence-electron chi connectivity index (χ3n) is 2.84. The molecule has 0 bridgehead atoms. The number of nitrogens with one attached hydrogen (secondary N) is 1. The Morgan fingerprint density at radius 2 is 1.60 bits per heavy atom. The van der Waals surface area contributed by atoms with Crippen LogP contribution in [0.25, 0.3) is 11.1 Å². The van der Waals surface area contributed by atoms with Crippen LogP contribution in [0.4, 0.5) is 0 Å². The normalized spacial score (nSPS) is 10.2. The van der Waals surface area contributed by atoms with Gasteiger partial charge in [-0.1, -0.05) is 42.5 Å². The lowest BCUT2D eigenvalue weighted by atomic mass is 10.1. The van der Waals surface area contributed by atoms with Crippen molar-refractivity contribution in [3.8, 4) is 22.8 Å². The van der Waals surface area contributed by atoms with E-state index in [1.165, 1.54) is 12.4 Å². The number of rotatable bonds is 3. The predicted molar refractivity (Wildman–Crippen MR) is 76.8 cm³/mol. The van der Waals surface area contributed by atoms with Crippen molar-refractivity contribution in [2.45, 2.75) is 0 Å². The molecule has 3 rings (SSSR count). The first kappa shape index (κ1) is 12.2. The second-order valence-corrected chi connectivity index (χ2v) is 4.24. The van der Waals surface area contributed by atoms with E-state index in [-0.39, 0.29) is 11.4 Å². The van der Waals surface area contributed by atoms with Crippen molar-refractivity contribution in [2.24, 2.45) is 0 Å². The summed E-state index contributed by atoms with van der Waals surface area (Å²) in [6.45, 7) is 0. The molecule has 1 aromatic heterocycles. The summed E-state index contributed by atoms with van der Waals surface area (Å²) < 4.78 is 5.52. The molecule has 0 spiro atoms. The highest BCUT2D eigenvalue weighted by Gasteiger charge is 2.01. The highest BCUT2D eigenvalue weighted by Crippen LogP contribution is 2.24. The molecular weight excluding hydrogens is 252 g/mol. The van der Waals surface area contributed by atoms with Crippen LogP contribution in [0.3, 0.4) is 0 Å². The van der Waals surface area contributed by atoms with Gasteiger partial charge in [0.2, 0.25) is 5.88 Å². The second kappa shape index (κ2) is 5.40. The van der Waals surface area contributed by atoms with E-state index >= 15 is 0 Å². The van der Waals surface area contributed by atoms with Crippen LogP contribution in [0.5, 0.6) is 11.6 Å². The molecule has 20 heavy (non-hydrogen) atoms. The van der Waals surface area contributed by atoms with Gasteiger partial charge in [-0.2, -0.15) is 0 Å². The fourth-order valence-corrected chi connectivity index (χ4v) is 1.87. The molecule has 0 radical (unpaired) electrons. The van der Waals surface area contributed by atoms with E-state index in [2.05, 4.69) is 9.97 Å². The second-order valence-electron chi connectivity index (χ2n) is 4.24. The maximum absolute atomic E-state index is 11.1. The number of aromatic nitrogens is 2. The van der Waals surface area contributed by atoms with Crippen LogP contribution in [0.15, 0.2) is 71.8 Å². The first-order valence-electron chi connectivity index (χ1n) is 6.19. The highest BCUT2D eigenvalue weighted by atomic mass is 16.5. The molecule has 0 atom stereocenters. The summed E-state index contributed by atoms with van der Waals surface area (Å²) in [7, 11) is 0. The fraction of sp³-hybridized carbons (Fsp3) is 0. The van der Waals surface area contributed by atoms with Gasteiger partial charge in [0.25, 0.3) is 5.56 Å². The zero-order chi connectivity index (χ0) is 13.8. The molecule has 0 unspecified atom stereocenters. The monoisotopic (exact) mass is 264 g/mol. The van der Waals surface area contributed by atoms with E-state index in [1.807, 2.05) is 54.6 Å². The van der Waals surface area contributed by atoms with Crippen LogP contribution in [-0.4, -0.2) is 9.97 Å². The quantitative estimate of drug-likeness (QED) is 0.790. The lowest BCUT2D eigenvalue weighted by Gasteiger charge is -2.05. The van der Waals surface area contributed by atoms with Gasteiger partial charge in [-0.3, -0.25) is 4.79 Å². The number of hydrogen-bond donors (Lipinski definition) is 1. The van der Waals surface area contributed by atoms with E-state index in [1.54, 1.807) is 0 Å². The van der Waals surface area contributed by atoms with Gasteiger partial charge in [0.15, 0.2) is 0 Å². The Morgan fingerprint density at radius 3 is 2.30 bits per heavy atom. The zero-order valence-corrected chi connectivity index (χ0v) is 10.6. The summed E-state index contributed by atoms with van der Waals surface area (Å²) in [4.78, 5) is 17.5. The summed E-state index contributed by atoms with van der Waals surface area (Å²) in [5.41, 5.74) is 2.01. The van der Waals surface area contributed by atoms with Crippen molar-refractivity contribution in [3.63, 3.8) is 0 Å². The molecule has 4 heteroatoms. The Kier molecular flexibility index (Phi) is 3.29. The minimum absolute atomic E-state index is 0.240. The van der Waals surface area contributed by atoms with E-state index in [0.717, 1.165) is 11.1 Å². The minimum Gasteiger partial charge on any atom is -0.439 e. The molecule has 0 amide bonds. The van der Waals surface area contributed by atoms with E-state index in [9.17, 15) is 4.79 Å². The van der Waals surface area contributed by atoms with Crippen molar-refractivity contribution in [1.29, 1.82) is 0 Å². The van der Waals surface area contributed by atoms with Gasteiger partial charge in [-0.05, 0) is 23.3 Å². The molecule has 4 nitrogen and oxygen atoms in total. The van der Waals surface area contributed by atoms with Crippen molar-refractivity contribution >= 4 is 0 Å². The number of benzene rings is 2. The number of ether oxygens (including phenoxy) is 1. The van der Waals surface area contributed by atoms with E-state index in [4.69, 9.17) is 4.74 Å².